The number of hydrogen-bond donors (Lipinski definition) is 1. The molecule has 0 saturated heterocycles. The molecule has 0 aliphatic rings. The predicted molar refractivity (Wildman–Crippen MR) is 64.6 cm³/mol. The zero-order valence-corrected chi connectivity index (χ0v) is 9.79. The van der Waals surface area contributed by atoms with Gasteiger partial charge in [0.2, 0.25) is 0 Å². The summed E-state index contributed by atoms with van der Waals surface area (Å²) in [6.45, 7) is 0. The third-order valence-electron chi connectivity index (χ3n) is 1.88. The van der Waals surface area contributed by atoms with Crippen LogP contribution in [0.4, 0.5) is 0 Å². The summed E-state index contributed by atoms with van der Waals surface area (Å²) in [7, 11) is 0. The average Bonchev–Trinajstić information content (AvgIpc) is 2.19. The van der Waals surface area contributed by atoms with E-state index < -0.39 is 0 Å². The van der Waals surface area contributed by atoms with Gasteiger partial charge >= 0.3 is 0 Å². The fraction of sp³-hybridized carbons (Fsp3) is 0. The van der Waals surface area contributed by atoms with Crippen molar-refractivity contribution >= 4 is 28.6 Å². The topological polar surface area (TPSA) is 12.9 Å². The second-order valence-corrected chi connectivity index (χ2v) is 4.22. The first-order chi connectivity index (χ1) is 6.75. The molecule has 0 spiro atoms. The summed E-state index contributed by atoms with van der Waals surface area (Å²) < 4.78 is 0.852. The highest BCUT2D eigenvalue weighted by molar-refractivity contribution is 9.10. The molecule has 0 fully saturated rings. The van der Waals surface area contributed by atoms with Gasteiger partial charge in [0.25, 0.3) is 0 Å². The normalized spacial score (nSPS) is 10.1. The van der Waals surface area contributed by atoms with Crippen LogP contribution >= 0.6 is 28.6 Å². The number of pyridine rings is 1. The molecule has 0 atom stereocenters. The fourth-order valence-corrected chi connectivity index (χ4v) is 1.69. The molecule has 1 aromatic carbocycles. The highest BCUT2D eigenvalue weighted by Gasteiger charge is 1.98. The van der Waals surface area contributed by atoms with Crippen molar-refractivity contribution in [1.29, 1.82) is 0 Å². The lowest BCUT2D eigenvalue weighted by atomic mass is 10.1. The lowest BCUT2D eigenvalue weighted by Crippen LogP contribution is -1.82. The summed E-state index contributed by atoms with van der Waals surface area (Å²) in [5.41, 5.74) is 2.07. The molecule has 1 heterocycles. The van der Waals surface area contributed by atoms with Crippen molar-refractivity contribution in [3.63, 3.8) is 0 Å². The van der Waals surface area contributed by atoms with Gasteiger partial charge in [0.05, 0.1) is 5.69 Å². The smallest absolute Gasteiger partial charge is 0.106 e. The Morgan fingerprint density at radius 2 is 1.71 bits per heavy atom. The number of nitrogens with zero attached hydrogens (tertiary/aromatic N) is 1. The molecule has 0 aliphatic carbocycles. The number of benzene rings is 1. The summed E-state index contributed by atoms with van der Waals surface area (Å²) in [6.07, 6.45) is 0. The molecule has 0 amide bonds. The van der Waals surface area contributed by atoms with Crippen molar-refractivity contribution < 1.29 is 0 Å². The van der Waals surface area contributed by atoms with Gasteiger partial charge in [-0.15, -0.1) is 12.6 Å². The molecule has 70 valence electrons. The molecule has 0 saturated carbocycles. The first-order valence-corrected chi connectivity index (χ1v) is 5.42. The van der Waals surface area contributed by atoms with Crippen molar-refractivity contribution in [2.45, 2.75) is 4.90 Å². The number of aromatic nitrogens is 1. The van der Waals surface area contributed by atoms with Crippen molar-refractivity contribution in [3.05, 3.63) is 47.1 Å². The molecular formula is C11H8BrNS. The number of hydrogen-bond acceptors (Lipinski definition) is 2. The Balaban J connectivity index is 2.44. The van der Waals surface area contributed by atoms with E-state index >= 15 is 0 Å². The van der Waals surface area contributed by atoms with Gasteiger partial charge in [-0.1, -0.05) is 18.2 Å². The van der Waals surface area contributed by atoms with Crippen molar-refractivity contribution in [2.24, 2.45) is 0 Å². The summed E-state index contributed by atoms with van der Waals surface area (Å²) in [4.78, 5) is 5.33. The Kier molecular flexibility index (Phi) is 2.89. The SMILES string of the molecule is Sc1ccc(-c2cccc(Br)n2)cc1. The maximum Gasteiger partial charge on any atom is 0.106 e. The lowest BCUT2D eigenvalue weighted by Gasteiger charge is -2.01. The van der Waals surface area contributed by atoms with E-state index in [9.17, 15) is 0 Å². The van der Waals surface area contributed by atoms with Crippen LogP contribution in [0.15, 0.2) is 52.0 Å². The predicted octanol–water partition coefficient (Wildman–Crippen LogP) is 3.80. The molecule has 0 bridgehead atoms. The van der Waals surface area contributed by atoms with Crippen LogP contribution in [-0.4, -0.2) is 4.98 Å². The maximum atomic E-state index is 4.36. The Hall–Kier alpha value is -0.800. The highest BCUT2D eigenvalue weighted by Crippen LogP contribution is 2.20. The largest absolute Gasteiger partial charge is 0.241 e. The van der Waals surface area contributed by atoms with Crippen molar-refractivity contribution in [1.82, 2.24) is 4.98 Å². The standard InChI is InChI=1S/C11H8BrNS/c12-11-3-1-2-10(13-11)8-4-6-9(14)7-5-8/h1-7,14H. The van der Waals surface area contributed by atoms with Crippen LogP contribution in [-0.2, 0) is 0 Å². The van der Waals surface area contributed by atoms with Gasteiger partial charge in [0.1, 0.15) is 4.60 Å². The first kappa shape index (κ1) is 9.74. The number of rotatable bonds is 1. The molecule has 0 N–H and O–H groups in total. The Morgan fingerprint density at radius 3 is 2.36 bits per heavy atom. The van der Waals surface area contributed by atoms with E-state index in [-0.39, 0.29) is 0 Å². The van der Waals surface area contributed by atoms with Gasteiger partial charge in [0, 0.05) is 10.5 Å². The van der Waals surface area contributed by atoms with Crippen LogP contribution in [0, 0.1) is 0 Å². The third kappa shape index (κ3) is 2.16. The highest BCUT2D eigenvalue weighted by atomic mass is 79.9. The van der Waals surface area contributed by atoms with E-state index in [4.69, 9.17) is 0 Å². The minimum Gasteiger partial charge on any atom is -0.241 e. The van der Waals surface area contributed by atoms with E-state index in [1.807, 2.05) is 42.5 Å². The number of thiol groups is 1. The molecule has 2 rings (SSSR count). The molecule has 1 nitrogen and oxygen atoms in total. The molecule has 0 aliphatic heterocycles. The molecule has 1 aromatic heterocycles. The quantitative estimate of drug-likeness (QED) is 0.612. The van der Waals surface area contributed by atoms with Crippen LogP contribution in [0.3, 0.4) is 0 Å². The number of halogens is 1. The van der Waals surface area contributed by atoms with E-state index in [2.05, 4.69) is 33.5 Å². The summed E-state index contributed by atoms with van der Waals surface area (Å²) in [5, 5.41) is 0. The maximum absolute atomic E-state index is 4.36. The zero-order valence-electron chi connectivity index (χ0n) is 7.31. The average molecular weight is 266 g/mol. The van der Waals surface area contributed by atoms with Crippen LogP contribution in [0.5, 0.6) is 0 Å². The molecule has 3 heteroatoms. The minimum atomic E-state index is 0.852. The molecular weight excluding hydrogens is 258 g/mol. The van der Waals surface area contributed by atoms with Gasteiger partial charge < -0.3 is 0 Å². The van der Waals surface area contributed by atoms with Crippen LogP contribution in [0.25, 0.3) is 11.3 Å². The molecule has 2 aromatic rings. The van der Waals surface area contributed by atoms with E-state index in [1.165, 1.54) is 0 Å². The van der Waals surface area contributed by atoms with Crippen molar-refractivity contribution in [3.8, 4) is 11.3 Å². The molecule has 0 radical (unpaired) electrons. The molecule has 14 heavy (non-hydrogen) atoms. The monoisotopic (exact) mass is 265 g/mol. The third-order valence-corrected chi connectivity index (χ3v) is 2.62. The Labute approximate surface area is 96.7 Å². The van der Waals surface area contributed by atoms with Gasteiger partial charge in [-0.25, -0.2) is 4.98 Å². The van der Waals surface area contributed by atoms with E-state index in [0.29, 0.717) is 0 Å². The summed E-state index contributed by atoms with van der Waals surface area (Å²) in [6, 6.07) is 13.8. The van der Waals surface area contributed by atoms with Crippen LogP contribution in [0.2, 0.25) is 0 Å². The van der Waals surface area contributed by atoms with E-state index in [1.54, 1.807) is 0 Å². The molecule has 0 unspecified atom stereocenters. The fourth-order valence-electron chi connectivity index (χ4n) is 1.20. The van der Waals surface area contributed by atoms with Crippen LogP contribution < -0.4 is 0 Å². The summed E-state index contributed by atoms with van der Waals surface area (Å²) >= 11 is 7.58. The lowest BCUT2D eigenvalue weighted by molar-refractivity contribution is 1.27. The van der Waals surface area contributed by atoms with E-state index in [0.717, 1.165) is 20.8 Å². The van der Waals surface area contributed by atoms with Crippen LogP contribution in [0.1, 0.15) is 0 Å². The zero-order chi connectivity index (χ0) is 9.97. The van der Waals surface area contributed by atoms with Crippen molar-refractivity contribution in [2.75, 3.05) is 0 Å². The van der Waals surface area contributed by atoms with Gasteiger partial charge in [-0.3, -0.25) is 0 Å². The van der Waals surface area contributed by atoms with Gasteiger partial charge in [-0.05, 0) is 40.2 Å². The summed E-state index contributed by atoms with van der Waals surface area (Å²) in [5.74, 6) is 0. The van der Waals surface area contributed by atoms with Gasteiger partial charge in [0.15, 0.2) is 0 Å². The second kappa shape index (κ2) is 4.15. The second-order valence-electron chi connectivity index (χ2n) is 2.89. The Bertz CT molecular complexity index is 439. The van der Waals surface area contributed by atoms with Gasteiger partial charge in [-0.2, -0.15) is 0 Å². The first-order valence-electron chi connectivity index (χ1n) is 4.18. The minimum absolute atomic E-state index is 0.852. The Morgan fingerprint density at radius 1 is 1.00 bits per heavy atom.